The van der Waals surface area contributed by atoms with Gasteiger partial charge in [-0.15, -0.1) is 0 Å². The van der Waals surface area contributed by atoms with E-state index in [0.29, 0.717) is 6.61 Å². The van der Waals surface area contributed by atoms with E-state index >= 15 is 0 Å². The van der Waals surface area contributed by atoms with Gasteiger partial charge < -0.3 is 19.1 Å². The van der Waals surface area contributed by atoms with Crippen molar-refractivity contribution < 1.29 is 14.6 Å². The molecule has 114 valence electrons. The van der Waals surface area contributed by atoms with Gasteiger partial charge >= 0.3 is 0 Å². The molecule has 1 atom stereocenters. The van der Waals surface area contributed by atoms with Crippen LogP contribution in [0.1, 0.15) is 13.8 Å². The zero-order valence-corrected chi connectivity index (χ0v) is 12.9. The lowest BCUT2D eigenvalue weighted by molar-refractivity contribution is 0.0215. The van der Waals surface area contributed by atoms with E-state index in [-0.39, 0.29) is 13.2 Å². The number of rotatable bonds is 7. The number of aliphatic hydroxyl groups is 1. The first kappa shape index (κ1) is 15.6. The zero-order chi connectivity index (χ0) is 15.2. The lowest BCUT2D eigenvalue weighted by atomic mass is 10.2. The average Bonchev–Trinajstić information content (AvgIpc) is 2.83. The SMILES string of the molecule is CC(C)=CCOCC(O)COc1cccc2ccn(C)c12. The smallest absolute Gasteiger partial charge is 0.143 e. The maximum atomic E-state index is 9.89. The zero-order valence-electron chi connectivity index (χ0n) is 12.9. The largest absolute Gasteiger partial charge is 0.489 e. The summed E-state index contributed by atoms with van der Waals surface area (Å²) in [6.45, 7) is 5.05. The molecule has 0 aliphatic heterocycles. The molecule has 1 aromatic carbocycles. The molecule has 21 heavy (non-hydrogen) atoms. The molecule has 0 spiro atoms. The molecule has 1 N–H and O–H groups in total. The van der Waals surface area contributed by atoms with Crippen LogP contribution in [0, 0.1) is 0 Å². The van der Waals surface area contributed by atoms with Crippen molar-refractivity contribution in [3.8, 4) is 5.75 Å². The summed E-state index contributed by atoms with van der Waals surface area (Å²) in [5.74, 6) is 0.781. The maximum absolute atomic E-state index is 9.89. The standard InChI is InChI=1S/C17H23NO3/c1-13(2)8-10-20-11-15(19)12-21-16-6-4-5-14-7-9-18(3)17(14)16/h4-9,15,19H,10-12H2,1-3H3. The number of benzene rings is 1. The van der Waals surface area contributed by atoms with Crippen LogP contribution in [-0.2, 0) is 11.8 Å². The molecule has 4 heteroatoms. The summed E-state index contributed by atoms with van der Waals surface area (Å²) < 4.78 is 13.1. The van der Waals surface area contributed by atoms with Crippen LogP contribution in [0.25, 0.3) is 10.9 Å². The molecule has 0 amide bonds. The van der Waals surface area contributed by atoms with Crippen LogP contribution in [0.15, 0.2) is 42.1 Å². The van der Waals surface area contributed by atoms with Gasteiger partial charge in [0, 0.05) is 18.6 Å². The lowest BCUT2D eigenvalue weighted by Crippen LogP contribution is -2.23. The van der Waals surface area contributed by atoms with Gasteiger partial charge in [-0.1, -0.05) is 23.8 Å². The number of aliphatic hydroxyl groups excluding tert-OH is 1. The molecular weight excluding hydrogens is 266 g/mol. The third-order valence-corrected chi connectivity index (χ3v) is 3.21. The predicted octanol–water partition coefficient (Wildman–Crippen LogP) is 2.90. The molecule has 1 heterocycles. The van der Waals surface area contributed by atoms with Crippen molar-refractivity contribution in [3.05, 3.63) is 42.1 Å². The van der Waals surface area contributed by atoms with Crippen molar-refractivity contribution in [1.82, 2.24) is 4.57 Å². The number of hydrogen-bond donors (Lipinski definition) is 1. The normalized spacial score (nSPS) is 12.4. The number of para-hydroxylation sites is 1. The van der Waals surface area contributed by atoms with Crippen molar-refractivity contribution in [2.24, 2.45) is 7.05 Å². The third-order valence-electron chi connectivity index (χ3n) is 3.21. The number of ether oxygens (including phenoxy) is 2. The van der Waals surface area contributed by atoms with Gasteiger partial charge in [-0.3, -0.25) is 0 Å². The van der Waals surface area contributed by atoms with Gasteiger partial charge in [0.05, 0.1) is 18.7 Å². The monoisotopic (exact) mass is 289 g/mol. The lowest BCUT2D eigenvalue weighted by Gasteiger charge is -2.13. The van der Waals surface area contributed by atoms with Gasteiger partial charge in [0.15, 0.2) is 0 Å². The Hall–Kier alpha value is -1.78. The highest BCUT2D eigenvalue weighted by molar-refractivity contribution is 5.85. The fourth-order valence-electron chi connectivity index (χ4n) is 2.10. The number of allylic oxidation sites excluding steroid dienone is 1. The summed E-state index contributed by atoms with van der Waals surface area (Å²) in [7, 11) is 1.98. The predicted molar refractivity (Wildman–Crippen MR) is 84.7 cm³/mol. The highest BCUT2D eigenvalue weighted by Gasteiger charge is 2.09. The fraction of sp³-hybridized carbons (Fsp3) is 0.412. The van der Waals surface area contributed by atoms with Gasteiger partial charge in [0.25, 0.3) is 0 Å². The molecule has 0 fully saturated rings. The molecule has 4 nitrogen and oxygen atoms in total. The van der Waals surface area contributed by atoms with E-state index in [9.17, 15) is 5.11 Å². The first-order valence-corrected chi connectivity index (χ1v) is 7.14. The van der Waals surface area contributed by atoms with Gasteiger partial charge in [-0.2, -0.15) is 0 Å². The molecule has 0 aliphatic carbocycles. The van der Waals surface area contributed by atoms with Gasteiger partial charge in [-0.05, 0) is 26.0 Å². The van der Waals surface area contributed by atoms with Crippen molar-refractivity contribution in [3.63, 3.8) is 0 Å². The molecule has 2 rings (SSSR count). The Morgan fingerprint density at radius 2 is 2.10 bits per heavy atom. The van der Waals surface area contributed by atoms with Crippen LogP contribution in [0.2, 0.25) is 0 Å². The molecule has 0 radical (unpaired) electrons. The average molecular weight is 289 g/mol. The Balaban J connectivity index is 1.87. The van der Waals surface area contributed by atoms with Crippen molar-refractivity contribution in [2.75, 3.05) is 19.8 Å². The molecule has 2 aromatic rings. The number of aryl methyl sites for hydroxylation is 1. The summed E-state index contributed by atoms with van der Waals surface area (Å²) in [5, 5.41) is 11.0. The van der Waals surface area contributed by atoms with Crippen molar-refractivity contribution >= 4 is 10.9 Å². The summed E-state index contributed by atoms with van der Waals surface area (Å²) in [5.41, 5.74) is 2.24. The highest BCUT2D eigenvalue weighted by Crippen LogP contribution is 2.25. The minimum absolute atomic E-state index is 0.221. The minimum atomic E-state index is -0.633. The van der Waals surface area contributed by atoms with Gasteiger partial charge in [0.1, 0.15) is 18.5 Å². The van der Waals surface area contributed by atoms with Crippen LogP contribution < -0.4 is 4.74 Å². The Labute approximate surface area is 125 Å². The minimum Gasteiger partial charge on any atom is -0.489 e. The van der Waals surface area contributed by atoms with Gasteiger partial charge in [-0.25, -0.2) is 0 Å². The number of fused-ring (bicyclic) bond motifs is 1. The second-order valence-electron chi connectivity index (χ2n) is 5.40. The summed E-state index contributed by atoms with van der Waals surface area (Å²) in [6.07, 6.45) is 3.35. The van der Waals surface area contributed by atoms with Gasteiger partial charge in [0.2, 0.25) is 0 Å². The van der Waals surface area contributed by atoms with E-state index < -0.39 is 6.10 Å². The van der Waals surface area contributed by atoms with E-state index in [0.717, 1.165) is 16.7 Å². The van der Waals surface area contributed by atoms with E-state index in [1.54, 1.807) is 0 Å². The molecular formula is C17H23NO3. The fourth-order valence-corrected chi connectivity index (χ4v) is 2.10. The number of nitrogens with zero attached hydrogens (tertiary/aromatic N) is 1. The highest BCUT2D eigenvalue weighted by atomic mass is 16.5. The van der Waals surface area contributed by atoms with Crippen LogP contribution in [0.4, 0.5) is 0 Å². The van der Waals surface area contributed by atoms with Crippen LogP contribution in [0.5, 0.6) is 5.75 Å². The maximum Gasteiger partial charge on any atom is 0.143 e. The van der Waals surface area contributed by atoms with E-state index in [1.807, 2.05) is 62.0 Å². The number of hydrogen-bond acceptors (Lipinski definition) is 3. The van der Waals surface area contributed by atoms with Crippen LogP contribution in [0.3, 0.4) is 0 Å². The van der Waals surface area contributed by atoms with Crippen molar-refractivity contribution in [1.29, 1.82) is 0 Å². The Kier molecular flexibility index (Phi) is 5.42. The Morgan fingerprint density at radius 1 is 1.29 bits per heavy atom. The summed E-state index contributed by atoms with van der Waals surface area (Å²) in [6, 6.07) is 7.96. The molecule has 1 unspecified atom stereocenters. The summed E-state index contributed by atoms with van der Waals surface area (Å²) in [4.78, 5) is 0. The van der Waals surface area contributed by atoms with E-state index in [1.165, 1.54) is 5.57 Å². The first-order chi connectivity index (χ1) is 10.1. The third kappa shape index (κ3) is 4.34. The second-order valence-corrected chi connectivity index (χ2v) is 5.40. The molecule has 0 saturated carbocycles. The topological polar surface area (TPSA) is 43.6 Å². The second kappa shape index (κ2) is 7.29. The van der Waals surface area contributed by atoms with Crippen LogP contribution >= 0.6 is 0 Å². The van der Waals surface area contributed by atoms with E-state index in [4.69, 9.17) is 9.47 Å². The van der Waals surface area contributed by atoms with E-state index in [2.05, 4.69) is 0 Å². The Morgan fingerprint density at radius 3 is 2.86 bits per heavy atom. The van der Waals surface area contributed by atoms with Crippen LogP contribution in [-0.4, -0.2) is 35.6 Å². The quantitative estimate of drug-likeness (QED) is 0.629. The molecule has 0 bridgehead atoms. The molecule has 0 aliphatic rings. The molecule has 1 aromatic heterocycles. The molecule has 0 saturated heterocycles. The van der Waals surface area contributed by atoms with Crippen molar-refractivity contribution in [2.45, 2.75) is 20.0 Å². The first-order valence-electron chi connectivity index (χ1n) is 7.14. The Bertz CT molecular complexity index is 612. The number of aromatic nitrogens is 1. The summed E-state index contributed by atoms with van der Waals surface area (Å²) >= 11 is 0.